The van der Waals surface area contributed by atoms with Crippen LogP contribution in [0.15, 0.2) is 0 Å². The van der Waals surface area contributed by atoms with E-state index in [0.717, 1.165) is 0 Å². The molecule has 1 aliphatic heterocycles. The summed E-state index contributed by atoms with van der Waals surface area (Å²) in [6.07, 6.45) is 5.43. The minimum absolute atomic E-state index is 0. The van der Waals surface area contributed by atoms with Gasteiger partial charge in [0.2, 0.25) is 0 Å². The summed E-state index contributed by atoms with van der Waals surface area (Å²) in [6.45, 7) is 10.6. The van der Waals surface area contributed by atoms with E-state index in [1.165, 1.54) is 45.3 Å². The molecule has 20 heavy (non-hydrogen) atoms. The van der Waals surface area contributed by atoms with Crippen LogP contribution in [0.25, 0.3) is 0 Å². The van der Waals surface area contributed by atoms with Gasteiger partial charge < -0.3 is 15.0 Å². The molecule has 1 N–H and O–H groups in total. The summed E-state index contributed by atoms with van der Waals surface area (Å²) in [5.74, 6) is 0. The maximum Gasteiger partial charge on any atom is 0.0657 e. The van der Waals surface area contributed by atoms with Gasteiger partial charge in [-0.05, 0) is 44.7 Å². The van der Waals surface area contributed by atoms with Gasteiger partial charge in [0.15, 0.2) is 0 Å². The van der Waals surface area contributed by atoms with Crippen molar-refractivity contribution in [1.82, 2.24) is 10.2 Å². The molecule has 120 valence electrons. The van der Waals surface area contributed by atoms with Crippen molar-refractivity contribution < 1.29 is 4.74 Å². The summed E-state index contributed by atoms with van der Waals surface area (Å²) in [6, 6.07) is 0.699. The molecule has 0 aromatic rings. The zero-order valence-corrected chi connectivity index (χ0v) is 14.7. The number of rotatable bonds is 6. The molecule has 1 saturated heterocycles. The summed E-state index contributed by atoms with van der Waals surface area (Å²) < 4.78 is 5.72. The minimum Gasteiger partial charge on any atom is -0.381 e. The third-order valence-corrected chi connectivity index (χ3v) is 5.96. The quantitative estimate of drug-likeness (QED) is 0.816. The van der Waals surface area contributed by atoms with E-state index in [1.807, 2.05) is 7.11 Å². The highest BCUT2D eigenvalue weighted by Crippen LogP contribution is 2.51. The fourth-order valence-electron chi connectivity index (χ4n) is 4.57. The molecule has 0 aromatic carbocycles. The molecular formula is C16H33ClN2O. The number of methoxy groups -OCH3 is 1. The molecule has 2 rings (SSSR count). The Morgan fingerprint density at radius 3 is 2.40 bits per heavy atom. The van der Waals surface area contributed by atoms with E-state index in [-0.39, 0.29) is 12.4 Å². The van der Waals surface area contributed by atoms with Crippen molar-refractivity contribution in [2.75, 3.05) is 33.8 Å². The van der Waals surface area contributed by atoms with Gasteiger partial charge in [-0.1, -0.05) is 20.8 Å². The molecule has 0 spiro atoms. The van der Waals surface area contributed by atoms with E-state index < -0.39 is 0 Å². The van der Waals surface area contributed by atoms with Crippen LogP contribution in [-0.2, 0) is 4.74 Å². The lowest BCUT2D eigenvalue weighted by Gasteiger charge is -2.58. The van der Waals surface area contributed by atoms with Gasteiger partial charge in [-0.15, -0.1) is 12.4 Å². The van der Waals surface area contributed by atoms with Crippen LogP contribution in [0.1, 0.15) is 46.5 Å². The van der Waals surface area contributed by atoms with Crippen LogP contribution in [0.3, 0.4) is 0 Å². The maximum atomic E-state index is 5.72. The van der Waals surface area contributed by atoms with E-state index in [2.05, 4.69) is 38.0 Å². The lowest BCUT2D eigenvalue weighted by Crippen LogP contribution is -2.64. The van der Waals surface area contributed by atoms with Crippen molar-refractivity contribution in [2.45, 2.75) is 58.6 Å². The van der Waals surface area contributed by atoms with Crippen molar-refractivity contribution in [3.8, 4) is 0 Å². The molecule has 0 amide bonds. The standard InChI is InChI=1S/C16H32N2O.ClH/c1-6-16(7-2)13(10-14(16)19-5)18(4)12-15(3)8-9-17-11-15;/h13-14,17H,6-12H2,1-5H3;1H. The minimum atomic E-state index is 0. The molecule has 2 fully saturated rings. The number of hydrogen-bond acceptors (Lipinski definition) is 3. The van der Waals surface area contributed by atoms with Crippen molar-refractivity contribution in [3.05, 3.63) is 0 Å². The van der Waals surface area contributed by atoms with Gasteiger partial charge in [-0.3, -0.25) is 0 Å². The molecule has 3 nitrogen and oxygen atoms in total. The predicted molar refractivity (Wildman–Crippen MR) is 87.7 cm³/mol. The lowest BCUT2D eigenvalue weighted by atomic mass is 9.58. The maximum absolute atomic E-state index is 5.72. The highest BCUT2D eigenvalue weighted by molar-refractivity contribution is 5.85. The van der Waals surface area contributed by atoms with Gasteiger partial charge in [-0.2, -0.15) is 0 Å². The predicted octanol–water partition coefficient (Wildman–Crippen LogP) is 2.93. The number of hydrogen-bond donors (Lipinski definition) is 1. The van der Waals surface area contributed by atoms with Crippen LogP contribution >= 0.6 is 12.4 Å². The van der Waals surface area contributed by atoms with Crippen LogP contribution in [-0.4, -0.2) is 50.8 Å². The Hall–Kier alpha value is 0.170. The van der Waals surface area contributed by atoms with E-state index in [0.29, 0.717) is 23.0 Å². The van der Waals surface area contributed by atoms with Gasteiger partial charge in [-0.25, -0.2) is 0 Å². The second kappa shape index (κ2) is 6.95. The van der Waals surface area contributed by atoms with Crippen LogP contribution in [0.2, 0.25) is 0 Å². The van der Waals surface area contributed by atoms with Crippen molar-refractivity contribution >= 4 is 12.4 Å². The van der Waals surface area contributed by atoms with Gasteiger partial charge in [0.25, 0.3) is 0 Å². The second-order valence-corrected chi connectivity index (χ2v) is 7.07. The smallest absolute Gasteiger partial charge is 0.0657 e. The topological polar surface area (TPSA) is 24.5 Å². The molecule has 1 aliphatic carbocycles. The monoisotopic (exact) mass is 304 g/mol. The normalized spacial score (nSPS) is 35.7. The van der Waals surface area contributed by atoms with Gasteiger partial charge in [0.1, 0.15) is 0 Å². The molecule has 3 atom stereocenters. The first-order valence-corrected chi connectivity index (χ1v) is 7.95. The van der Waals surface area contributed by atoms with Crippen LogP contribution in [0, 0.1) is 10.8 Å². The van der Waals surface area contributed by atoms with E-state index in [4.69, 9.17) is 4.74 Å². The van der Waals surface area contributed by atoms with Gasteiger partial charge in [0.05, 0.1) is 6.10 Å². The average Bonchev–Trinajstić information content (AvgIpc) is 2.77. The second-order valence-electron chi connectivity index (χ2n) is 7.07. The van der Waals surface area contributed by atoms with Gasteiger partial charge >= 0.3 is 0 Å². The zero-order valence-electron chi connectivity index (χ0n) is 13.9. The molecular weight excluding hydrogens is 272 g/mol. The number of nitrogens with zero attached hydrogens (tertiary/aromatic N) is 1. The Labute approximate surface area is 131 Å². The SMILES string of the molecule is CCC1(CC)C(OC)CC1N(C)CC1(C)CCNC1.Cl. The average molecular weight is 305 g/mol. The summed E-state index contributed by atoms with van der Waals surface area (Å²) in [4.78, 5) is 2.62. The van der Waals surface area contributed by atoms with Crippen molar-refractivity contribution in [2.24, 2.45) is 10.8 Å². The van der Waals surface area contributed by atoms with Crippen LogP contribution in [0.5, 0.6) is 0 Å². The first-order valence-electron chi connectivity index (χ1n) is 7.95. The Balaban J connectivity index is 0.00000200. The Morgan fingerprint density at radius 2 is 1.95 bits per heavy atom. The molecule has 1 saturated carbocycles. The zero-order chi connectivity index (χ0) is 14.1. The molecule has 1 heterocycles. The van der Waals surface area contributed by atoms with E-state index in [9.17, 15) is 0 Å². The lowest BCUT2D eigenvalue weighted by molar-refractivity contribution is -0.160. The molecule has 3 unspecified atom stereocenters. The number of nitrogens with one attached hydrogen (secondary N) is 1. The van der Waals surface area contributed by atoms with Crippen molar-refractivity contribution in [1.29, 1.82) is 0 Å². The van der Waals surface area contributed by atoms with Gasteiger partial charge in [0, 0.05) is 31.7 Å². The highest BCUT2D eigenvalue weighted by Gasteiger charge is 2.55. The summed E-state index contributed by atoms with van der Waals surface area (Å²) in [5, 5.41) is 3.51. The van der Waals surface area contributed by atoms with Crippen LogP contribution < -0.4 is 5.32 Å². The first kappa shape index (κ1) is 18.2. The Bertz CT molecular complexity index is 301. The molecule has 0 aromatic heterocycles. The van der Waals surface area contributed by atoms with E-state index >= 15 is 0 Å². The highest BCUT2D eigenvalue weighted by atomic mass is 35.5. The third-order valence-electron chi connectivity index (χ3n) is 5.96. The van der Waals surface area contributed by atoms with Crippen LogP contribution in [0.4, 0.5) is 0 Å². The fraction of sp³-hybridized carbons (Fsp3) is 1.00. The Kier molecular flexibility index (Phi) is 6.33. The largest absolute Gasteiger partial charge is 0.381 e. The summed E-state index contributed by atoms with van der Waals surface area (Å²) in [5.41, 5.74) is 0.839. The Morgan fingerprint density at radius 1 is 1.30 bits per heavy atom. The number of ether oxygens (including phenoxy) is 1. The number of halogens is 1. The van der Waals surface area contributed by atoms with Crippen molar-refractivity contribution in [3.63, 3.8) is 0 Å². The molecule has 2 aliphatic rings. The first-order chi connectivity index (χ1) is 9.01. The van der Waals surface area contributed by atoms with E-state index in [1.54, 1.807) is 0 Å². The molecule has 4 heteroatoms. The summed E-state index contributed by atoms with van der Waals surface area (Å²) >= 11 is 0. The third kappa shape index (κ3) is 3.01. The fourth-order valence-corrected chi connectivity index (χ4v) is 4.57. The molecule has 0 bridgehead atoms. The molecule has 0 radical (unpaired) electrons. The summed E-state index contributed by atoms with van der Waals surface area (Å²) in [7, 11) is 4.20.